The fourth-order valence-electron chi connectivity index (χ4n) is 10.0. The van der Waals surface area contributed by atoms with Crippen molar-refractivity contribution in [1.29, 1.82) is 0 Å². The van der Waals surface area contributed by atoms with Gasteiger partial charge in [0, 0.05) is 48.8 Å². The first-order valence-electron chi connectivity index (χ1n) is 27.6. The van der Waals surface area contributed by atoms with Crippen LogP contribution in [0.2, 0.25) is 0 Å². The molecular formula is C66H88O10. The number of benzene rings is 4. The lowest BCUT2D eigenvalue weighted by Gasteiger charge is -2.31. The van der Waals surface area contributed by atoms with Gasteiger partial charge >= 0.3 is 6.16 Å². The van der Waals surface area contributed by atoms with Gasteiger partial charge in [-0.15, -0.1) is 5.73 Å². The van der Waals surface area contributed by atoms with Crippen molar-refractivity contribution in [2.45, 2.75) is 171 Å². The molecular weight excluding hydrogens is 953 g/mol. The van der Waals surface area contributed by atoms with Gasteiger partial charge in [0.25, 0.3) is 0 Å². The number of fused-ring (bicyclic) bond motifs is 4. The fraction of sp³-hybridized carbons (Fsp3) is 0.545. The standard InChI is InChI=1S/C66H88O10/c1-17-73-61(69)76-60-49-29-44-34-52(63(5,6)7)33-43(57(44)68)27-46-36-53(64(8,9)10)35-45-26-41-31-51(62(2,3)4)32-42(56(41)67)28-47-37-54(65(11,12)13)38-48(30-50(60)40-55(39-49)66(14,15)16)59(47)75-25-23-72-21-19-70-18-20-71-22-24-74-58(45)46/h31-35,37-40,58,67-68H,17-30H2,1-16H3. The first-order valence-corrected chi connectivity index (χ1v) is 27.6. The van der Waals surface area contributed by atoms with Crippen molar-refractivity contribution in [3.05, 3.63) is 144 Å². The molecule has 2 N–H and O–H groups in total. The summed E-state index contributed by atoms with van der Waals surface area (Å²) >= 11 is 0. The average molecular weight is 1040 g/mol. The normalized spacial score (nSPS) is 17.8. The highest BCUT2D eigenvalue weighted by atomic mass is 16.7. The summed E-state index contributed by atoms with van der Waals surface area (Å²) in [5, 5.41) is 25.8. The van der Waals surface area contributed by atoms with E-state index in [1.807, 2.05) is 0 Å². The number of allylic oxidation sites excluding steroid dienone is 1. The van der Waals surface area contributed by atoms with Gasteiger partial charge in [-0.05, 0) is 107 Å². The molecule has 12 bridgehead atoms. The molecule has 0 radical (unpaired) electrons. The predicted octanol–water partition coefficient (Wildman–Crippen LogP) is 14.0. The summed E-state index contributed by atoms with van der Waals surface area (Å²) in [5.41, 5.74) is 15.7. The molecule has 10 heteroatoms. The van der Waals surface area contributed by atoms with E-state index < -0.39 is 12.3 Å². The zero-order valence-electron chi connectivity index (χ0n) is 48.8. The van der Waals surface area contributed by atoms with Crippen LogP contribution >= 0.6 is 0 Å². The molecule has 2 aliphatic carbocycles. The van der Waals surface area contributed by atoms with Crippen molar-refractivity contribution in [3.8, 4) is 23.0 Å². The summed E-state index contributed by atoms with van der Waals surface area (Å²) < 4.78 is 44.0. The van der Waals surface area contributed by atoms with Crippen LogP contribution in [0.15, 0.2) is 77.1 Å². The van der Waals surface area contributed by atoms with E-state index in [0.717, 1.165) is 77.9 Å². The van der Waals surface area contributed by atoms with E-state index in [9.17, 15) is 15.0 Å². The Kier molecular flexibility index (Phi) is 17.9. The third-order valence-electron chi connectivity index (χ3n) is 14.7. The van der Waals surface area contributed by atoms with Crippen LogP contribution in [0.1, 0.15) is 178 Å². The van der Waals surface area contributed by atoms with Crippen molar-refractivity contribution < 1.29 is 48.2 Å². The molecule has 0 aromatic heterocycles. The van der Waals surface area contributed by atoms with Crippen LogP contribution in [0, 0.1) is 5.41 Å². The number of hydrogen-bond donors (Lipinski definition) is 2. The smallest absolute Gasteiger partial charge is 0.507 e. The first-order chi connectivity index (χ1) is 35.5. The van der Waals surface area contributed by atoms with Crippen LogP contribution in [0.3, 0.4) is 0 Å². The topological polar surface area (TPSA) is 122 Å². The summed E-state index contributed by atoms with van der Waals surface area (Å²) in [6.07, 6.45) is 2.48. The van der Waals surface area contributed by atoms with Crippen LogP contribution in [0.4, 0.5) is 4.79 Å². The Morgan fingerprint density at radius 2 is 0.895 bits per heavy atom. The van der Waals surface area contributed by atoms with Crippen molar-refractivity contribution in [2.24, 2.45) is 5.41 Å². The molecule has 0 spiro atoms. The van der Waals surface area contributed by atoms with Crippen molar-refractivity contribution in [2.75, 3.05) is 59.5 Å². The summed E-state index contributed by atoms with van der Waals surface area (Å²) in [6.45, 7) is 37.5. The van der Waals surface area contributed by atoms with Gasteiger partial charge in [0.2, 0.25) is 0 Å². The largest absolute Gasteiger partial charge is 0.513 e. The van der Waals surface area contributed by atoms with E-state index in [1.165, 1.54) is 0 Å². The van der Waals surface area contributed by atoms with Gasteiger partial charge in [-0.2, -0.15) is 0 Å². The third kappa shape index (κ3) is 14.4. The third-order valence-corrected chi connectivity index (χ3v) is 14.7. The molecule has 1 atom stereocenters. The molecule has 0 fully saturated rings. The number of carbonyl (C=O) groups excluding carboxylic acids is 1. The second kappa shape index (κ2) is 23.3. The maximum Gasteiger partial charge on any atom is 0.513 e. The van der Waals surface area contributed by atoms with Gasteiger partial charge in [0.05, 0.1) is 52.9 Å². The Hall–Kier alpha value is -5.35. The minimum atomic E-state index is -0.811. The van der Waals surface area contributed by atoms with Crippen molar-refractivity contribution in [3.63, 3.8) is 0 Å². The van der Waals surface area contributed by atoms with Gasteiger partial charge in [0.15, 0.2) is 0 Å². The Bertz CT molecular complexity index is 2860. The summed E-state index contributed by atoms with van der Waals surface area (Å²) in [4.78, 5) is 13.8. The van der Waals surface area contributed by atoms with Gasteiger partial charge in [-0.3, -0.25) is 0 Å². The Balaban J connectivity index is 1.64. The quantitative estimate of drug-likeness (QED) is 0.114. The molecule has 0 saturated heterocycles. The second-order valence-electron chi connectivity index (χ2n) is 26.2. The van der Waals surface area contributed by atoms with Crippen LogP contribution in [-0.2, 0) is 77.4 Å². The minimum absolute atomic E-state index is 0.130. The highest BCUT2D eigenvalue weighted by Crippen LogP contribution is 2.45. The second-order valence-corrected chi connectivity index (χ2v) is 26.2. The Morgan fingerprint density at radius 3 is 1.34 bits per heavy atom. The molecule has 1 unspecified atom stereocenters. The molecule has 7 rings (SSSR count). The lowest BCUT2D eigenvalue weighted by atomic mass is 9.77. The molecule has 4 aromatic carbocycles. The van der Waals surface area contributed by atoms with Gasteiger partial charge < -0.3 is 43.4 Å². The van der Waals surface area contributed by atoms with Crippen LogP contribution in [0.25, 0.3) is 0 Å². The van der Waals surface area contributed by atoms with Crippen molar-refractivity contribution in [1.82, 2.24) is 0 Å². The number of ether oxygens (including phenoxy) is 7. The van der Waals surface area contributed by atoms with E-state index in [0.29, 0.717) is 82.4 Å². The maximum absolute atomic E-state index is 13.8. The zero-order chi connectivity index (χ0) is 55.5. The number of aromatic hydroxyl groups is 2. The van der Waals surface area contributed by atoms with Crippen LogP contribution in [-0.4, -0.2) is 81.9 Å². The first kappa shape index (κ1) is 58.3. The summed E-state index contributed by atoms with van der Waals surface area (Å²) in [5.74, 6) is 1.42. The molecule has 412 valence electrons. The molecule has 1 heterocycles. The number of phenols is 2. The SMILES string of the molecule is CCOC(=O)Oc1c2cc(C(C)(C)C)cc1Cc1cc(C(C)(C)C)cc3c1OCCOCCOCCOCCOC1C(=C=C(C(C)(C)C)C=C1Cc1cc(C(C)(C)C)cc(c1O)C3)Cc1cc(C(C)(C)C)cc(c1O)C2. The number of carbonyl (C=O) groups is 1. The number of rotatable bonds is 2. The van der Waals surface area contributed by atoms with Crippen LogP contribution < -0.4 is 9.47 Å². The van der Waals surface area contributed by atoms with E-state index in [-0.39, 0.29) is 64.8 Å². The van der Waals surface area contributed by atoms with E-state index >= 15 is 0 Å². The minimum Gasteiger partial charge on any atom is -0.507 e. The molecule has 3 aliphatic rings. The molecule has 76 heavy (non-hydrogen) atoms. The fourth-order valence-corrected chi connectivity index (χ4v) is 10.0. The average Bonchev–Trinajstić information content (AvgIpc) is 3.30. The summed E-state index contributed by atoms with van der Waals surface area (Å²) in [6, 6.07) is 17.2. The van der Waals surface area contributed by atoms with Gasteiger partial charge in [-0.25, -0.2) is 4.79 Å². The van der Waals surface area contributed by atoms with E-state index in [2.05, 4.69) is 164 Å². The molecule has 10 nitrogen and oxygen atoms in total. The van der Waals surface area contributed by atoms with E-state index in [1.54, 1.807) is 6.92 Å². The van der Waals surface area contributed by atoms with Gasteiger partial charge in [0.1, 0.15) is 35.7 Å². The highest BCUT2D eigenvalue weighted by molar-refractivity contribution is 5.67. The monoisotopic (exact) mass is 1040 g/mol. The Labute approximate surface area is 454 Å². The van der Waals surface area contributed by atoms with Gasteiger partial charge in [-0.1, -0.05) is 152 Å². The van der Waals surface area contributed by atoms with Crippen LogP contribution in [0.5, 0.6) is 23.0 Å². The van der Waals surface area contributed by atoms with E-state index in [4.69, 9.17) is 33.2 Å². The molecule has 4 aromatic rings. The molecule has 0 saturated carbocycles. The lowest BCUT2D eigenvalue weighted by Crippen LogP contribution is -2.27. The zero-order valence-corrected chi connectivity index (χ0v) is 48.8. The molecule has 0 amide bonds. The lowest BCUT2D eigenvalue weighted by molar-refractivity contribution is -0.00977. The predicted molar refractivity (Wildman–Crippen MR) is 303 cm³/mol. The highest BCUT2D eigenvalue weighted by Gasteiger charge is 2.33. The van der Waals surface area contributed by atoms with Crippen molar-refractivity contribution >= 4 is 6.16 Å². The number of phenolic OH excluding ortho intramolecular Hbond substituents is 2. The number of hydrogen-bond acceptors (Lipinski definition) is 10. The summed E-state index contributed by atoms with van der Waals surface area (Å²) in [7, 11) is 0. The maximum atomic E-state index is 13.8. The Morgan fingerprint density at radius 1 is 0.513 bits per heavy atom. The molecule has 1 aliphatic heterocycles.